The first kappa shape index (κ1) is 11.4. The lowest BCUT2D eigenvalue weighted by molar-refractivity contribution is -0.121. The maximum atomic E-state index is 10.7. The summed E-state index contributed by atoms with van der Waals surface area (Å²) in [4.78, 5) is 12.9. The smallest absolute Gasteiger partial charge is 0.233 e. The van der Waals surface area contributed by atoms with Crippen LogP contribution in [-0.2, 0) is 4.79 Å². The monoisotopic (exact) mass is 173 g/mol. The van der Waals surface area contributed by atoms with Gasteiger partial charge < -0.3 is 4.90 Å². The average molecular weight is 173 g/mol. The van der Waals surface area contributed by atoms with Gasteiger partial charge in [-0.1, -0.05) is 0 Å². The lowest BCUT2D eigenvalue weighted by Crippen LogP contribution is -2.32. The summed E-state index contributed by atoms with van der Waals surface area (Å²) in [5, 5.41) is 0. The molecule has 0 aromatic rings. The van der Waals surface area contributed by atoms with Crippen LogP contribution < -0.4 is 11.3 Å². The summed E-state index contributed by atoms with van der Waals surface area (Å²) in [5.41, 5.74) is 2.11. The molecule has 0 atom stereocenters. The molecular weight excluding hydrogens is 154 g/mol. The minimum atomic E-state index is -0.0906. The molecule has 0 spiro atoms. The Kier molecular flexibility index (Phi) is 5.66. The van der Waals surface area contributed by atoms with Crippen molar-refractivity contribution in [3.05, 3.63) is 0 Å². The van der Waals surface area contributed by atoms with Gasteiger partial charge in [-0.05, 0) is 33.9 Å². The van der Waals surface area contributed by atoms with Crippen molar-refractivity contribution in [3.63, 3.8) is 0 Å². The Morgan fingerprint density at radius 3 is 2.58 bits per heavy atom. The van der Waals surface area contributed by atoms with Crippen LogP contribution in [0.1, 0.15) is 26.7 Å². The number of hydrazine groups is 1. The van der Waals surface area contributed by atoms with E-state index in [0.717, 1.165) is 13.0 Å². The SMILES string of the molecule is CC(C)N(C)CCCC(=O)NN. The normalized spacial score (nSPS) is 10.8. The van der Waals surface area contributed by atoms with E-state index >= 15 is 0 Å². The molecule has 0 saturated heterocycles. The molecule has 0 fully saturated rings. The molecule has 0 aliphatic rings. The quantitative estimate of drug-likeness (QED) is 0.352. The first-order valence-electron chi connectivity index (χ1n) is 4.27. The highest BCUT2D eigenvalue weighted by Crippen LogP contribution is 1.97. The van der Waals surface area contributed by atoms with Gasteiger partial charge in [-0.15, -0.1) is 0 Å². The summed E-state index contributed by atoms with van der Waals surface area (Å²) in [7, 11) is 2.05. The molecule has 0 aromatic heterocycles. The molecule has 12 heavy (non-hydrogen) atoms. The highest BCUT2D eigenvalue weighted by molar-refractivity contribution is 5.75. The first-order valence-corrected chi connectivity index (χ1v) is 4.27. The van der Waals surface area contributed by atoms with Crippen molar-refractivity contribution in [1.82, 2.24) is 10.3 Å². The molecule has 72 valence electrons. The first-order chi connectivity index (χ1) is 5.57. The van der Waals surface area contributed by atoms with Gasteiger partial charge in [-0.2, -0.15) is 0 Å². The van der Waals surface area contributed by atoms with E-state index in [2.05, 4.69) is 24.2 Å². The number of amides is 1. The largest absolute Gasteiger partial charge is 0.304 e. The van der Waals surface area contributed by atoms with E-state index in [-0.39, 0.29) is 5.91 Å². The molecule has 0 aliphatic carbocycles. The van der Waals surface area contributed by atoms with Crippen LogP contribution in [0.15, 0.2) is 0 Å². The van der Waals surface area contributed by atoms with E-state index in [1.165, 1.54) is 0 Å². The fourth-order valence-electron chi connectivity index (χ4n) is 0.819. The van der Waals surface area contributed by atoms with Crippen LogP contribution in [0.5, 0.6) is 0 Å². The Labute approximate surface area is 74.1 Å². The van der Waals surface area contributed by atoms with Gasteiger partial charge in [0.25, 0.3) is 0 Å². The lowest BCUT2D eigenvalue weighted by Gasteiger charge is -2.20. The zero-order valence-electron chi connectivity index (χ0n) is 8.13. The fourth-order valence-corrected chi connectivity index (χ4v) is 0.819. The van der Waals surface area contributed by atoms with E-state index in [4.69, 9.17) is 5.84 Å². The van der Waals surface area contributed by atoms with Crippen LogP contribution in [0.3, 0.4) is 0 Å². The Hall–Kier alpha value is -0.610. The minimum absolute atomic E-state index is 0.0906. The van der Waals surface area contributed by atoms with Crippen LogP contribution in [0.2, 0.25) is 0 Å². The molecule has 4 heteroatoms. The second kappa shape index (κ2) is 5.97. The second-order valence-corrected chi connectivity index (χ2v) is 3.25. The van der Waals surface area contributed by atoms with Crippen molar-refractivity contribution in [1.29, 1.82) is 0 Å². The third kappa shape index (κ3) is 5.09. The molecule has 0 bridgehead atoms. The number of nitrogens with zero attached hydrogens (tertiary/aromatic N) is 1. The maximum Gasteiger partial charge on any atom is 0.233 e. The molecule has 0 aromatic carbocycles. The number of hydrogen-bond acceptors (Lipinski definition) is 3. The zero-order chi connectivity index (χ0) is 9.56. The van der Waals surface area contributed by atoms with Gasteiger partial charge in [-0.25, -0.2) is 5.84 Å². The van der Waals surface area contributed by atoms with Gasteiger partial charge in [0.05, 0.1) is 0 Å². The highest BCUT2D eigenvalue weighted by Gasteiger charge is 2.03. The standard InChI is InChI=1S/C8H19N3O/c1-7(2)11(3)6-4-5-8(12)10-9/h7H,4-6,9H2,1-3H3,(H,10,12). The van der Waals surface area contributed by atoms with Crippen molar-refractivity contribution in [2.24, 2.45) is 5.84 Å². The number of carbonyl (C=O) groups excluding carboxylic acids is 1. The molecule has 0 radical (unpaired) electrons. The Morgan fingerprint density at radius 2 is 2.17 bits per heavy atom. The fraction of sp³-hybridized carbons (Fsp3) is 0.875. The molecule has 1 amide bonds. The van der Waals surface area contributed by atoms with E-state index < -0.39 is 0 Å². The average Bonchev–Trinajstić information content (AvgIpc) is 2.03. The maximum absolute atomic E-state index is 10.7. The summed E-state index contributed by atoms with van der Waals surface area (Å²) in [6.07, 6.45) is 1.37. The highest BCUT2D eigenvalue weighted by atomic mass is 16.2. The third-order valence-electron chi connectivity index (χ3n) is 1.96. The number of carbonyl (C=O) groups is 1. The molecule has 0 rings (SSSR count). The molecular formula is C8H19N3O. The van der Waals surface area contributed by atoms with Crippen LogP contribution in [0.4, 0.5) is 0 Å². The topological polar surface area (TPSA) is 58.4 Å². The molecule has 0 aliphatic heterocycles. The molecule has 4 nitrogen and oxygen atoms in total. The summed E-state index contributed by atoms with van der Waals surface area (Å²) in [5.74, 6) is 4.84. The predicted molar refractivity (Wildman–Crippen MR) is 49.3 cm³/mol. The van der Waals surface area contributed by atoms with Gasteiger partial charge >= 0.3 is 0 Å². The van der Waals surface area contributed by atoms with Crippen molar-refractivity contribution < 1.29 is 4.79 Å². The van der Waals surface area contributed by atoms with Crippen LogP contribution in [0, 0.1) is 0 Å². The number of hydrogen-bond donors (Lipinski definition) is 2. The second-order valence-electron chi connectivity index (χ2n) is 3.25. The van der Waals surface area contributed by atoms with Crippen LogP contribution >= 0.6 is 0 Å². The van der Waals surface area contributed by atoms with E-state index in [1.807, 2.05) is 7.05 Å². The van der Waals surface area contributed by atoms with E-state index in [1.54, 1.807) is 0 Å². The van der Waals surface area contributed by atoms with Crippen LogP contribution in [0.25, 0.3) is 0 Å². The Bertz CT molecular complexity index is 136. The Balaban J connectivity index is 3.37. The predicted octanol–water partition coefficient (Wildman–Crippen LogP) is 0.0967. The summed E-state index contributed by atoms with van der Waals surface area (Å²) in [6.45, 7) is 5.19. The molecule has 3 N–H and O–H groups in total. The summed E-state index contributed by atoms with van der Waals surface area (Å²) in [6, 6.07) is 0.533. The van der Waals surface area contributed by atoms with Gasteiger partial charge in [0.2, 0.25) is 5.91 Å². The number of rotatable bonds is 5. The molecule has 0 saturated carbocycles. The molecule has 0 heterocycles. The van der Waals surface area contributed by atoms with E-state index in [0.29, 0.717) is 12.5 Å². The van der Waals surface area contributed by atoms with Crippen molar-refractivity contribution >= 4 is 5.91 Å². The zero-order valence-corrected chi connectivity index (χ0v) is 8.13. The van der Waals surface area contributed by atoms with Crippen molar-refractivity contribution in [3.8, 4) is 0 Å². The minimum Gasteiger partial charge on any atom is -0.304 e. The summed E-state index contributed by atoms with van der Waals surface area (Å²) >= 11 is 0. The van der Waals surface area contributed by atoms with Crippen LogP contribution in [-0.4, -0.2) is 30.4 Å². The van der Waals surface area contributed by atoms with Crippen molar-refractivity contribution in [2.45, 2.75) is 32.7 Å². The number of nitrogens with two attached hydrogens (primary N) is 1. The summed E-state index contributed by atoms with van der Waals surface area (Å²) < 4.78 is 0. The number of nitrogens with one attached hydrogen (secondary N) is 1. The van der Waals surface area contributed by atoms with Gasteiger partial charge in [0.1, 0.15) is 0 Å². The van der Waals surface area contributed by atoms with Crippen molar-refractivity contribution in [2.75, 3.05) is 13.6 Å². The van der Waals surface area contributed by atoms with Gasteiger partial charge in [0.15, 0.2) is 0 Å². The Morgan fingerprint density at radius 1 is 1.58 bits per heavy atom. The lowest BCUT2D eigenvalue weighted by atomic mass is 10.2. The van der Waals surface area contributed by atoms with Gasteiger partial charge in [0, 0.05) is 12.5 Å². The third-order valence-corrected chi connectivity index (χ3v) is 1.96. The molecule has 0 unspecified atom stereocenters. The van der Waals surface area contributed by atoms with Gasteiger partial charge in [-0.3, -0.25) is 10.2 Å². The van der Waals surface area contributed by atoms with E-state index in [9.17, 15) is 4.79 Å².